The molecule has 0 bridgehead atoms. The molecule has 0 saturated carbocycles. The van der Waals surface area contributed by atoms with Crippen LogP contribution in [-0.4, -0.2) is 37.7 Å². The molecule has 0 unspecified atom stereocenters. The highest BCUT2D eigenvalue weighted by Crippen LogP contribution is 2.25. The predicted octanol–water partition coefficient (Wildman–Crippen LogP) is 1.09. The zero-order valence-electron chi connectivity index (χ0n) is 11.6. The lowest BCUT2D eigenvalue weighted by molar-refractivity contribution is 0.398. The number of benzene rings is 2. The molecule has 124 valence electrons. The lowest BCUT2D eigenvalue weighted by Gasteiger charge is -1.99. The van der Waals surface area contributed by atoms with E-state index in [1.807, 2.05) is 0 Å². The van der Waals surface area contributed by atoms with Gasteiger partial charge in [0.1, 0.15) is 28.7 Å². The van der Waals surface area contributed by atoms with Gasteiger partial charge in [-0.2, -0.15) is 0 Å². The molecule has 0 heterocycles. The molecular weight excluding hydrogens is 318 g/mol. The maximum absolute atomic E-state index is 8.88. The van der Waals surface area contributed by atoms with E-state index < -0.39 is 0 Å². The SMILES string of the molecule is COc1cc(O)cc(O)c1.Nc1ccc(O)cc1O.O.OCl. The summed E-state index contributed by atoms with van der Waals surface area (Å²) in [5.41, 5.74) is 5.50. The molecule has 0 saturated heterocycles. The van der Waals surface area contributed by atoms with Crippen LogP contribution in [0, 0.1) is 0 Å². The number of rotatable bonds is 1. The Hall–Kier alpha value is -2.55. The molecule has 9 N–H and O–H groups in total. The van der Waals surface area contributed by atoms with E-state index in [4.69, 9.17) is 35.6 Å². The molecule has 0 aliphatic rings. The summed E-state index contributed by atoms with van der Waals surface area (Å²) in [6.07, 6.45) is 0. The van der Waals surface area contributed by atoms with Crippen molar-refractivity contribution in [2.45, 2.75) is 0 Å². The van der Waals surface area contributed by atoms with Crippen LogP contribution in [0.2, 0.25) is 0 Å². The molecule has 0 spiro atoms. The lowest BCUT2D eigenvalue weighted by Crippen LogP contribution is -1.82. The second kappa shape index (κ2) is 11.1. The Balaban J connectivity index is 0. The number of aromatic hydroxyl groups is 4. The number of phenolic OH excluding ortho intramolecular Hbond substituents is 4. The van der Waals surface area contributed by atoms with Gasteiger partial charge in [-0.25, -0.2) is 0 Å². The maximum atomic E-state index is 8.88. The largest absolute Gasteiger partial charge is 0.508 e. The highest BCUT2D eigenvalue weighted by atomic mass is 35.5. The average molecular weight is 336 g/mol. The van der Waals surface area contributed by atoms with Crippen molar-refractivity contribution in [1.29, 1.82) is 0 Å². The van der Waals surface area contributed by atoms with E-state index in [0.717, 1.165) is 0 Å². The van der Waals surface area contributed by atoms with Gasteiger partial charge in [-0.3, -0.25) is 4.66 Å². The summed E-state index contributed by atoms with van der Waals surface area (Å²) >= 11 is 3.64. The fourth-order valence-electron chi connectivity index (χ4n) is 1.22. The summed E-state index contributed by atoms with van der Waals surface area (Å²) in [4.78, 5) is 0. The number of methoxy groups -OCH3 is 1. The Kier molecular flexibility index (Phi) is 11.0. The number of halogens is 1. The van der Waals surface area contributed by atoms with E-state index in [1.54, 1.807) is 0 Å². The van der Waals surface area contributed by atoms with Gasteiger partial charge < -0.3 is 36.4 Å². The molecule has 0 aromatic heterocycles. The summed E-state index contributed by atoms with van der Waals surface area (Å²) in [6.45, 7) is 0. The number of hydrogen-bond donors (Lipinski definition) is 6. The van der Waals surface area contributed by atoms with Gasteiger partial charge in [-0.15, -0.1) is 0 Å². The van der Waals surface area contributed by atoms with Gasteiger partial charge in [-0.05, 0) is 12.1 Å². The van der Waals surface area contributed by atoms with E-state index in [1.165, 1.54) is 43.5 Å². The predicted molar refractivity (Wildman–Crippen MR) is 82.2 cm³/mol. The van der Waals surface area contributed by atoms with Gasteiger partial charge in [0, 0.05) is 24.3 Å². The minimum atomic E-state index is -0.0880. The van der Waals surface area contributed by atoms with E-state index >= 15 is 0 Å². The van der Waals surface area contributed by atoms with E-state index in [9.17, 15) is 0 Å². The van der Waals surface area contributed by atoms with Crippen molar-refractivity contribution in [1.82, 2.24) is 0 Å². The first-order valence-electron chi connectivity index (χ1n) is 5.43. The van der Waals surface area contributed by atoms with Crippen molar-refractivity contribution in [2.24, 2.45) is 0 Å². The normalized spacial score (nSPS) is 8.32. The highest BCUT2D eigenvalue weighted by molar-refractivity contribution is 6.04. The van der Waals surface area contributed by atoms with Crippen molar-refractivity contribution in [3.8, 4) is 28.7 Å². The van der Waals surface area contributed by atoms with E-state index in [0.29, 0.717) is 5.75 Å². The van der Waals surface area contributed by atoms with E-state index in [2.05, 4.69) is 11.9 Å². The minimum absolute atomic E-state index is 0. The average Bonchev–Trinajstić information content (AvgIpc) is 2.45. The molecule has 2 rings (SSSR count). The molecule has 8 nitrogen and oxygen atoms in total. The van der Waals surface area contributed by atoms with Crippen LogP contribution in [0.5, 0.6) is 28.7 Å². The quantitative estimate of drug-likeness (QED) is 0.257. The summed E-state index contributed by atoms with van der Waals surface area (Å²) in [5.74, 6) is 0.364. The van der Waals surface area contributed by atoms with Gasteiger partial charge >= 0.3 is 0 Å². The van der Waals surface area contributed by atoms with Gasteiger partial charge in [-0.1, -0.05) is 0 Å². The summed E-state index contributed by atoms with van der Waals surface area (Å²) in [6, 6.07) is 8.11. The third-order valence-electron chi connectivity index (χ3n) is 2.13. The van der Waals surface area contributed by atoms with E-state index in [-0.39, 0.29) is 34.2 Å². The van der Waals surface area contributed by atoms with Crippen LogP contribution in [0.1, 0.15) is 0 Å². The monoisotopic (exact) mass is 335 g/mol. The van der Waals surface area contributed by atoms with Gasteiger partial charge in [0.25, 0.3) is 0 Å². The third kappa shape index (κ3) is 7.90. The van der Waals surface area contributed by atoms with Crippen LogP contribution < -0.4 is 10.5 Å². The minimum Gasteiger partial charge on any atom is -0.508 e. The number of nitrogens with two attached hydrogens (primary N) is 1. The molecule has 0 amide bonds. The van der Waals surface area contributed by atoms with Crippen LogP contribution in [-0.2, 0) is 0 Å². The molecular formula is C13H18ClNO7. The number of ether oxygens (including phenoxy) is 1. The zero-order valence-corrected chi connectivity index (χ0v) is 12.3. The Bertz CT molecular complexity index is 546. The summed E-state index contributed by atoms with van der Waals surface area (Å²) in [5, 5.41) is 35.3. The Morgan fingerprint density at radius 3 is 1.73 bits per heavy atom. The van der Waals surface area contributed by atoms with Crippen molar-refractivity contribution < 1.29 is 35.3 Å². The molecule has 22 heavy (non-hydrogen) atoms. The van der Waals surface area contributed by atoms with Crippen LogP contribution in [0.4, 0.5) is 5.69 Å². The maximum Gasteiger partial charge on any atom is 0.142 e. The van der Waals surface area contributed by atoms with Crippen molar-refractivity contribution >= 4 is 17.6 Å². The third-order valence-corrected chi connectivity index (χ3v) is 2.13. The number of nitrogen functional groups attached to an aromatic ring is 1. The fourth-order valence-corrected chi connectivity index (χ4v) is 1.22. The van der Waals surface area contributed by atoms with Gasteiger partial charge in [0.05, 0.1) is 24.7 Å². The summed E-state index contributed by atoms with van der Waals surface area (Å²) in [7, 11) is 1.47. The Morgan fingerprint density at radius 2 is 1.36 bits per heavy atom. The smallest absolute Gasteiger partial charge is 0.142 e. The zero-order chi connectivity index (χ0) is 16.4. The highest BCUT2D eigenvalue weighted by Gasteiger charge is 1.96. The number of phenols is 4. The second-order valence-corrected chi connectivity index (χ2v) is 3.63. The van der Waals surface area contributed by atoms with Gasteiger partial charge in [0.15, 0.2) is 0 Å². The van der Waals surface area contributed by atoms with Gasteiger partial charge in [0.2, 0.25) is 0 Å². The number of hydrogen-bond acceptors (Lipinski definition) is 7. The molecule has 2 aromatic carbocycles. The van der Waals surface area contributed by atoms with Crippen molar-refractivity contribution in [3.63, 3.8) is 0 Å². The molecule has 0 atom stereocenters. The first kappa shape index (κ1) is 21.7. The molecule has 0 radical (unpaired) electrons. The summed E-state index contributed by atoms with van der Waals surface area (Å²) < 4.78 is 11.2. The van der Waals surface area contributed by atoms with Crippen LogP contribution in [0.25, 0.3) is 0 Å². The Morgan fingerprint density at radius 1 is 0.864 bits per heavy atom. The standard InChI is InChI=1S/C7H8O3.C6H7NO2.ClHO.H2O/c1-10-7-3-5(8)2-6(9)4-7;7-5-2-1-4(8)3-6(5)9;1-2;/h2-4,8-9H,1H3;1-3,8-9H,7H2;2H;1H2. The van der Waals surface area contributed by atoms with Crippen molar-refractivity contribution in [3.05, 3.63) is 36.4 Å². The Labute approximate surface area is 131 Å². The first-order valence-corrected chi connectivity index (χ1v) is 5.77. The molecule has 0 aliphatic carbocycles. The van der Waals surface area contributed by atoms with Crippen LogP contribution >= 0.6 is 11.9 Å². The molecule has 0 aliphatic heterocycles. The number of anilines is 1. The fraction of sp³-hybridized carbons (Fsp3) is 0.0769. The molecule has 0 fully saturated rings. The molecule has 9 heteroatoms. The topological polar surface area (TPSA) is 168 Å². The first-order chi connectivity index (χ1) is 9.92. The lowest BCUT2D eigenvalue weighted by atomic mass is 10.3. The van der Waals surface area contributed by atoms with Crippen LogP contribution in [0.15, 0.2) is 36.4 Å². The van der Waals surface area contributed by atoms with Crippen molar-refractivity contribution in [2.75, 3.05) is 12.8 Å². The molecule has 2 aromatic rings. The van der Waals surface area contributed by atoms with Crippen LogP contribution in [0.3, 0.4) is 0 Å². The second-order valence-electron chi connectivity index (χ2n) is 3.63.